The maximum Gasteiger partial charge on any atom is 0.339 e. The third-order valence-corrected chi connectivity index (χ3v) is 3.09. The van der Waals surface area contributed by atoms with E-state index < -0.39 is 5.97 Å². The number of aromatic nitrogens is 2. The summed E-state index contributed by atoms with van der Waals surface area (Å²) in [4.78, 5) is 15.6. The van der Waals surface area contributed by atoms with Crippen molar-refractivity contribution < 1.29 is 9.53 Å². The van der Waals surface area contributed by atoms with Crippen LogP contribution in [0.15, 0.2) is 30.7 Å². The molecule has 0 saturated carbocycles. The van der Waals surface area contributed by atoms with E-state index in [0.29, 0.717) is 17.1 Å². The van der Waals surface area contributed by atoms with Gasteiger partial charge in [0.2, 0.25) is 0 Å². The molecule has 0 saturated heterocycles. The molecule has 0 amide bonds. The lowest BCUT2D eigenvalue weighted by atomic mass is 10.2. The number of benzene rings is 1. The second kappa shape index (κ2) is 5.75. The topological polar surface area (TPSA) is 56.1 Å². The Morgan fingerprint density at radius 2 is 2.32 bits per heavy atom. The van der Waals surface area contributed by atoms with Gasteiger partial charge in [-0.1, -0.05) is 11.6 Å². The van der Waals surface area contributed by atoms with Gasteiger partial charge in [-0.15, -0.1) is 0 Å². The van der Waals surface area contributed by atoms with Crippen molar-refractivity contribution in [3.63, 3.8) is 0 Å². The molecule has 6 heteroatoms. The second-order valence-corrected chi connectivity index (χ2v) is 4.44. The van der Waals surface area contributed by atoms with Crippen molar-refractivity contribution in [2.75, 3.05) is 12.4 Å². The number of nitrogens with zero attached hydrogens (tertiary/aromatic N) is 2. The first-order valence-corrected chi connectivity index (χ1v) is 6.06. The summed E-state index contributed by atoms with van der Waals surface area (Å²) in [6.45, 7) is 0.610. The van der Waals surface area contributed by atoms with Crippen LogP contribution in [0.3, 0.4) is 0 Å². The van der Waals surface area contributed by atoms with Gasteiger partial charge in [-0.25, -0.2) is 9.78 Å². The number of imidazole rings is 1. The number of ether oxygens (including phenoxy) is 1. The summed E-state index contributed by atoms with van der Waals surface area (Å²) in [5, 5.41) is 3.58. The van der Waals surface area contributed by atoms with Crippen molar-refractivity contribution in [3.05, 3.63) is 47.0 Å². The van der Waals surface area contributed by atoms with E-state index in [4.69, 9.17) is 11.6 Å². The molecule has 0 radical (unpaired) electrons. The Morgan fingerprint density at radius 3 is 2.95 bits per heavy atom. The maximum atomic E-state index is 11.5. The lowest BCUT2D eigenvalue weighted by Crippen LogP contribution is -2.06. The third-order valence-electron chi connectivity index (χ3n) is 2.76. The van der Waals surface area contributed by atoms with Crippen LogP contribution in [-0.4, -0.2) is 22.6 Å². The smallest absolute Gasteiger partial charge is 0.339 e. The van der Waals surface area contributed by atoms with E-state index in [1.54, 1.807) is 24.7 Å². The fourth-order valence-electron chi connectivity index (χ4n) is 1.65. The number of methoxy groups -OCH3 is 1. The van der Waals surface area contributed by atoms with E-state index in [0.717, 1.165) is 11.4 Å². The van der Waals surface area contributed by atoms with Gasteiger partial charge in [-0.2, -0.15) is 0 Å². The molecule has 0 aliphatic heterocycles. The molecule has 0 aliphatic carbocycles. The highest BCUT2D eigenvalue weighted by molar-refractivity contribution is 6.33. The van der Waals surface area contributed by atoms with Crippen LogP contribution in [0.25, 0.3) is 0 Å². The minimum Gasteiger partial charge on any atom is -0.465 e. The molecular formula is C13H14ClN3O2. The molecule has 1 aromatic carbocycles. The minimum absolute atomic E-state index is 0.346. The zero-order valence-corrected chi connectivity index (χ0v) is 11.4. The average Bonchev–Trinajstić information content (AvgIpc) is 2.82. The monoisotopic (exact) mass is 279 g/mol. The van der Waals surface area contributed by atoms with Crippen LogP contribution in [0, 0.1) is 0 Å². The SMILES string of the molecule is COC(=O)c1cc(NCc2cncn2C)ccc1Cl. The fraction of sp³-hybridized carbons (Fsp3) is 0.231. The zero-order valence-electron chi connectivity index (χ0n) is 10.7. The number of hydrogen-bond donors (Lipinski definition) is 1. The summed E-state index contributed by atoms with van der Waals surface area (Å²) in [6, 6.07) is 5.15. The Morgan fingerprint density at radius 1 is 1.53 bits per heavy atom. The fourth-order valence-corrected chi connectivity index (χ4v) is 1.84. The van der Waals surface area contributed by atoms with Crippen LogP contribution in [0.4, 0.5) is 5.69 Å². The van der Waals surface area contributed by atoms with E-state index in [9.17, 15) is 4.79 Å². The minimum atomic E-state index is -0.450. The normalized spacial score (nSPS) is 10.3. The Hall–Kier alpha value is -2.01. The summed E-state index contributed by atoms with van der Waals surface area (Å²) in [7, 11) is 3.25. The molecule has 0 spiro atoms. The van der Waals surface area contributed by atoms with Crippen molar-refractivity contribution >= 4 is 23.3 Å². The van der Waals surface area contributed by atoms with E-state index in [1.807, 2.05) is 17.7 Å². The Bertz CT molecular complexity index is 595. The molecule has 5 nitrogen and oxygen atoms in total. The Kier molecular flexibility index (Phi) is 4.06. The number of rotatable bonds is 4. The van der Waals surface area contributed by atoms with Gasteiger partial charge in [0.05, 0.1) is 36.3 Å². The molecule has 1 heterocycles. The van der Waals surface area contributed by atoms with Crippen molar-refractivity contribution in [2.45, 2.75) is 6.54 Å². The number of anilines is 1. The molecule has 0 atom stereocenters. The molecule has 2 rings (SSSR count). The number of hydrogen-bond acceptors (Lipinski definition) is 4. The van der Waals surface area contributed by atoms with Gasteiger partial charge in [0.15, 0.2) is 0 Å². The molecule has 0 bridgehead atoms. The number of halogens is 1. The van der Waals surface area contributed by atoms with E-state index in [-0.39, 0.29) is 0 Å². The molecule has 0 fully saturated rings. The molecule has 0 aliphatic rings. The largest absolute Gasteiger partial charge is 0.465 e. The summed E-state index contributed by atoms with van der Waals surface area (Å²) in [5.41, 5.74) is 2.18. The highest BCUT2D eigenvalue weighted by Gasteiger charge is 2.11. The van der Waals surface area contributed by atoms with Gasteiger partial charge in [-0.3, -0.25) is 0 Å². The van der Waals surface area contributed by atoms with Crippen molar-refractivity contribution in [1.82, 2.24) is 9.55 Å². The predicted molar refractivity (Wildman–Crippen MR) is 73.3 cm³/mol. The lowest BCUT2D eigenvalue weighted by molar-refractivity contribution is 0.0601. The van der Waals surface area contributed by atoms with Crippen molar-refractivity contribution in [1.29, 1.82) is 0 Å². The lowest BCUT2D eigenvalue weighted by Gasteiger charge is -2.09. The van der Waals surface area contributed by atoms with Gasteiger partial charge >= 0.3 is 5.97 Å². The van der Waals surface area contributed by atoms with Gasteiger partial charge in [0.25, 0.3) is 0 Å². The number of aryl methyl sites for hydroxylation is 1. The molecule has 2 aromatic rings. The average molecular weight is 280 g/mol. The zero-order chi connectivity index (χ0) is 13.8. The van der Waals surface area contributed by atoms with E-state index in [1.165, 1.54) is 7.11 Å². The van der Waals surface area contributed by atoms with Crippen LogP contribution in [0.5, 0.6) is 0 Å². The van der Waals surface area contributed by atoms with Crippen LogP contribution in [0.1, 0.15) is 16.1 Å². The van der Waals surface area contributed by atoms with Gasteiger partial charge in [-0.05, 0) is 18.2 Å². The second-order valence-electron chi connectivity index (χ2n) is 4.04. The van der Waals surface area contributed by atoms with Gasteiger partial charge < -0.3 is 14.6 Å². The van der Waals surface area contributed by atoms with Crippen LogP contribution in [-0.2, 0) is 18.3 Å². The first-order chi connectivity index (χ1) is 9.11. The summed E-state index contributed by atoms with van der Waals surface area (Å²) < 4.78 is 6.60. The highest BCUT2D eigenvalue weighted by Crippen LogP contribution is 2.21. The molecule has 19 heavy (non-hydrogen) atoms. The standard InChI is InChI=1S/C13H14ClN3O2/c1-17-8-15-6-10(17)7-16-9-3-4-12(14)11(5-9)13(18)19-2/h3-6,8,16H,7H2,1-2H3. The van der Waals surface area contributed by atoms with Crippen molar-refractivity contribution in [3.8, 4) is 0 Å². The Balaban J connectivity index is 2.13. The first kappa shape index (κ1) is 13.4. The summed E-state index contributed by atoms with van der Waals surface area (Å²) in [6.07, 6.45) is 3.52. The summed E-state index contributed by atoms with van der Waals surface area (Å²) >= 11 is 5.95. The molecule has 1 N–H and O–H groups in total. The summed E-state index contributed by atoms with van der Waals surface area (Å²) in [5.74, 6) is -0.450. The maximum absolute atomic E-state index is 11.5. The van der Waals surface area contributed by atoms with Gasteiger partial charge in [0, 0.05) is 18.9 Å². The van der Waals surface area contributed by atoms with E-state index >= 15 is 0 Å². The van der Waals surface area contributed by atoms with Gasteiger partial charge in [0.1, 0.15) is 0 Å². The third kappa shape index (κ3) is 3.06. The predicted octanol–water partition coefficient (Wildman–Crippen LogP) is 2.47. The van der Waals surface area contributed by atoms with E-state index in [2.05, 4.69) is 15.0 Å². The first-order valence-electron chi connectivity index (χ1n) is 5.68. The molecule has 100 valence electrons. The highest BCUT2D eigenvalue weighted by atomic mass is 35.5. The molecule has 1 aromatic heterocycles. The number of esters is 1. The van der Waals surface area contributed by atoms with Crippen LogP contribution in [0.2, 0.25) is 5.02 Å². The number of nitrogens with one attached hydrogen (secondary N) is 1. The van der Waals surface area contributed by atoms with Crippen LogP contribution >= 0.6 is 11.6 Å². The Labute approximate surface area is 116 Å². The van der Waals surface area contributed by atoms with Crippen LogP contribution < -0.4 is 5.32 Å². The quantitative estimate of drug-likeness (QED) is 0.874. The number of carbonyl (C=O) groups excluding carboxylic acids is 1. The van der Waals surface area contributed by atoms with Crippen molar-refractivity contribution in [2.24, 2.45) is 7.05 Å². The molecular weight excluding hydrogens is 266 g/mol. The number of carbonyl (C=O) groups is 1. The molecule has 0 unspecified atom stereocenters.